The molecule has 2 rings (SSSR count). The number of carbonyl (C=O) groups is 1. The van der Waals surface area contributed by atoms with E-state index < -0.39 is 0 Å². The van der Waals surface area contributed by atoms with Crippen LogP contribution in [-0.4, -0.2) is 37.2 Å². The summed E-state index contributed by atoms with van der Waals surface area (Å²) in [4.78, 5) is 10.9. The van der Waals surface area contributed by atoms with Crippen molar-refractivity contribution in [3.8, 4) is 0 Å². The minimum absolute atomic E-state index is 0.170. The second kappa shape index (κ2) is 4.28. The molecule has 0 bridgehead atoms. The Hall–Kier alpha value is -0.610. The van der Waals surface area contributed by atoms with E-state index in [1.54, 1.807) is 0 Å². The van der Waals surface area contributed by atoms with Crippen LogP contribution < -0.4 is 10.6 Å². The molecule has 1 heterocycles. The molecule has 0 spiro atoms. The van der Waals surface area contributed by atoms with Crippen LogP contribution in [0.5, 0.6) is 0 Å². The summed E-state index contributed by atoms with van der Waals surface area (Å²) in [6, 6.07) is 0.902. The van der Waals surface area contributed by atoms with Crippen molar-refractivity contribution in [2.24, 2.45) is 0 Å². The second-order valence-corrected chi connectivity index (χ2v) is 4.12. The molecule has 4 nitrogen and oxygen atoms in total. The fourth-order valence-electron chi connectivity index (χ4n) is 2.13. The van der Waals surface area contributed by atoms with Crippen molar-refractivity contribution >= 4 is 5.91 Å². The Morgan fingerprint density at radius 2 is 2.29 bits per heavy atom. The quantitative estimate of drug-likeness (QED) is 0.670. The first-order valence-corrected chi connectivity index (χ1v) is 5.42. The summed E-state index contributed by atoms with van der Waals surface area (Å²) in [5.41, 5.74) is 0. The van der Waals surface area contributed by atoms with Crippen LogP contribution in [0.25, 0.3) is 0 Å². The first-order valence-electron chi connectivity index (χ1n) is 5.42. The SMILES string of the molecule is CCOC1CC(NC2CNC(=O)C2)C1. The second-order valence-electron chi connectivity index (χ2n) is 4.12. The van der Waals surface area contributed by atoms with Gasteiger partial charge in [0.1, 0.15) is 0 Å². The van der Waals surface area contributed by atoms with E-state index in [-0.39, 0.29) is 5.91 Å². The van der Waals surface area contributed by atoms with Gasteiger partial charge in [-0.05, 0) is 19.8 Å². The summed E-state index contributed by atoms with van der Waals surface area (Å²) in [5.74, 6) is 0.170. The highest BCUT2D eigenvalue weighted by Gasteiger charge is 2.32. The Morgan fingerprint density at radius 3 is 2.86 bits per heavy atom. The van der Waals surface area contributed by atoms with E-state index >= 15 is 0 Å². The highest BCUT2D eigenvalue weighted by atomic mass is 16.5. The van der Waals surface area contributed by atoms with Crippen molar-refractivity contribution in [3.05, 3.63) is 0 Å². The molecular weight excluding hydrogens is 180 g/mol. The molecule has 0 aromatic heterocycles. The van der Waals surface area contributed by atoms with E-state index in [2.05, 4.69) is 10.6 Å². The zero-order valence-corrected chi connectivity index (χ0v) is 8.58. The molecule has 2 aliphatic rings. The van der Waals surface area contributed by atoms with Crippen LogP contribution in [0.4, 0.5) is 0 Å². The molecule has 80 valence electrons. The molecule has 1 amide bonds. The van der Waals surface area contributed by atoms with Crippen molar-refractivity contribution in [1.29, 1.82) is 0 Å². The van der Waals surface area contributed by atoms with Crippen LogP contribution in [0.1, 0.15) is 26.2 Å². The van der Waals surface area contributed by atoms with Gasteiger partial charge in [0.25, 0.3) is 0 Å². The van der Waals surface area contributed by atoms with Gasteiger partial charge < -0.3 is 15.4 Å². The van der Waals surface area contributed by atoms with Gasteiger partial charge in [0, 0.05) is 31.7 Å². The molecular formula is C10H18N2O2. The van der Waals surface area contributed by atoms with Crippen LogP contribution in [0, 0.1) is 0 Å². The summed E-state index contributed by atoms with van der Waals surface area (Å²) >= 11 is 0. The maximum absolute atomic E-state index is 10.9. The Labute approximate surface area is 84.4 Å². The van der Waals surface area contributed by atoms with Crippen LogP contribution in [-0.2, 0) is 9.53 Å². The predicted molar refractivity (Wildman–Crippen MR) is 53.0 cm³/mol. The molecule has 1 saturated carbocycles. The molecule has 1 saturated heterocycles. The summed E-state index contributed by atoms with van der Waals surface area (Å²) in [6.45, 7) is 3.62. The van der Waals surface area contributed by atoms with Gasteiger partial charge in [0.15, 0.2) is 0 Å². The number of nitrogens with one attached hydrogen (secondary N) is 2. The summed E-state index contributed by atoms with van der Waals surface area (Å²) < 4.78 is 5.47. The third kappa shape index (κ3) is 2.25. The maximum atomic E-state index is 10.9. The normalized spacial score (nSPS) is 36.6. The maximum Gasteiger partial charge on any atom is 0.221 e. The minimum Gasteiger partial charge on any atom is -0.378 e. The highest BCUT2D eigenvalue weighted by Crippen LogP contribution is 2.24. The predicted octanol–water partition coefficient (Wildman–Crippen LogP) is 0.0320. The molecule has 14 heavy (non-hydrogen) atoms. The van der Waals surface area contributed by atoms with Gasteiger partial charge in [0.05, 0.1) is 6.10 Å². The zero-order chi connectivity index (χ0) is 9.97. The summed E-state index contributed by atoms with van der Waals surface area (Å²) in [5, 5.41) is 6.30. The molecule has 2 fully saturated rings. The first kappa shape index (κ1) is 9.93. The Morgan fingerprint density at radius 1 is 1.50 bits per heavy atom. The zero-order valence-electron chi connectivity index (χ0n) is 8.58. The topological polar surface area (TPSA) is 50.4 Å². The summed E-state index contributed by atoms with van der Waals surface area (Å²) in [7, 11) is 0. The van der Waals surface area contributed by atoms with Gasteiger partial charge in [-0.3, -0.25) is 4.79 Å². The average molecular weight is 198 g/mol. The first-order chi connectivity index (χ1) is 6.78. The van der Waals surface area contributed by atoms with Crippen LogP contribution in [0.3, 0.4) is 0 Å². The van der Waals surface area contributed by atoms with E-state index in [1.165, 1.54) is 0 Å². The van der Waals surface area contributed by atoms with Gasteiger partial charge in [-0.2, -0.15) is 0 Å². The lowest BCUT2D eigenvalue weighted by atomic mass is 9.88. The van der Waals surface area contributed by atoms with Crippen molar-refractivity contribution in [3.63, 3.8) is 0 Å². The van der Waals surface area contributed by atoms with Crippen LogP contribution in [0.2, 0.25) is 0 Å². The molecule has 0 radical (unpaired) electrons. The molecule has 2 N–H and O–H groups in total. The van der Waals surface area contributed by atoms with Crippen LogP contribution >= 0.6 is 0 Å². The third-order valence-electron chi connectivity index (χ3n) is 2.95. The monoisotopic (exact) mass is 198 g/mol. The molecule has 1 aliphatic heterocycles. The number of amides is 1. The standard InChI is InChI=1S/C10H18N2O2/c1-2-14-9-3-7(4-9)12-8-5-10(13)11-6-8/h7-9,12H,2-6H2,1H3,(H,11,13). The number of hydrogen-bond donors (Lipinski definition) is 2. The van der Waals surface area contributed by atoms with Gasteiger partial charge in [0.2, 0.25) is 5.91 Å². The molecule has 0 aromatic carbocycles. The minimum atomic E-state index is 0.170. The lowest BCUT2D eigenvalue weighted by molar-refractivity contribution is -0.119. The van der Waals surface area contributed by atoms with Crippen LogP contribution in [0.15, 0.2) is 0 Å². The largest absolute Gasteiger partial charge is 0.378 e. The van der Waals surface area contributed by atoms with E-state index in [1.807, 2.05) is 6.92 Å². The fourth-order valence-corrected chi connectivity index (χ4v) is 2.13. The van der Waals surface area contributed by atoms with Crippen molar-refractivity contribution in [2.75, 3.05) is 13.2 Å². The van der Waals surface area contributed by atoms with Gasteiger partial charge >= 0.3 is 0 Å². The average Bonchev–Trinajstić information content (AvgIpc) is 2.48. The molecule has 4 heteroatoms. The van der Waals surface area contributed by atoms with E-state index in [0.717, 1.165) is 26.0 Å². The lowest BCUT2D eigenvalue weighted by Gasteiger charge is -2.37. The number of ether oxygens (including phenoxy) is 1. The van der Waals surface area contributed by atoms with E-state index in [9.17, 15) is 4.79 Å². The third-order valence-corrected chi connectivity index (χ3v) is 2.95. The lowest BCUT2D eigenvalue weighted by Crippen LogP contribution is -2.50. The number of hydrogen-bond acceptors (Lipinski definition) is 3. The van der Waals surface area contributed by atoms with Gasteiger partial charge in [-0.1, -0.05) is 0 Å². The Kier molecular flexibility index (Phi) is 3.03. The van der Waals surface area contributed by atoms with E-state index in [4.69, 9.17) is 4.74 Å². The molecule has 1 atom stereocenters. The smallest absolute Gasteiger partial charge is 0.221 e. The highest BCUT2D eigenvalue weighted by molar-refractivity contribution is 5.78. The van der Waals surface area contributed by atoms with Crippen molar-refractivity contribution < 1.29 is 9.53 Å². The summed E-state index contributed by atoms with van der Waals surface area (Å²) in [6.07, 6.45) is 3.27. The fraction of sp³-hybridized carbons (Fsp3) is 0.900. The van der Waals surface area contributed by atoms with E-state index in [0.29, 0.717) is 24.6 Å². The molecule has 0 aromatic rings. The molecule has 1 unspecified atom stereocenters. The van der Waals surface area contributed by atoms with Crippen molar-refractivity contribution in [2.45, 2.75) is 44.4 Å². The van der Waals surface area contributed by atoms with Gasteiger partial charge in [-0.25, -0.2) is 0 Å². The Bertz CT molecular complexity index is 214. The number of carbonyl (C=O) groups excluding carboxylic acids is 1. The van der Waals surface area contributed by atoms with Gasteiger partial charge in [-0.15, -0.1) is 0 Å². The molecule has 1 aliphatic carbocycles. The Balaban J connectivity index is 1.62. The van der Waals surface area contributed by atoms with Crippen molar-refractivity contribution in [1.82, 2.24) is 10.6 Å². The number of rotatable bonds is 4.